The zero-order valence-corrected chi connectivity index (χ0v) is 13.0. The molecule has 0 aliphatic carbocycles. The van der Waals surface area contributed by atoms with Crippen molar-refractivity contribution in [3.63, 3.8) is 0 Å². The molecule has 1 heterocycles. The molecule has 0 nitrogen and oxygen atoms in total. The monoisotopic (exact) mass is 298 g/mol. The third-order valence-electron chi connectivity index (χ3n) is 2.91. The number of thiophene rings is 1. The molecule has 0 N–H and O–H groups in total. The molecular weight excluding hydrogens is 283 g/mol. The van der Waals surface area contributed by atoms with Gasteiger partial charge in [-0.05, 0) is 28.7 Å². The van der Waals surface area contributed by atoms with Crippen molar-refractivity contribution < 1.29 is 0 Å². The maximum absolute atomic E-state index is 6.46. The topological polar surface area (TPSA) is 0 Å². The molecule has 1 unspecified atom stereocenters. The molecule has 0 aliphatic rings. The highest BCUT2D eigenvalue weighted by Crippen LogP contribution is 2.36. The molecule has 96 valence electrons. The molecule has 0 saturated heterocycles. The summed E-state index contributed by atoms with van der Waals surface area (Å²) in [6.45, 7) is 6.62. The first-order valence-electron chi connectivity index (χ1n) is 5.87. The van der Waals surface area contributed by atoms with Crippen LogP contribution in [0.5, 0.6) is 0 Å². The Morgan fingerprint density at radius 2 is 1.61 bits per heavy atom. The minimum absolute atomic E-state index is 0.114. The summed E-state index contributed by atoms with van der Waals surface area (Å²) in [6.07, 6.45) is 0. The third kappa shape index (κ3) is 3.09. The van der Waals surface area contributed by atoms with Crippen molar-refractivity contribution in [3.05, 3.63) is 56.7 Å². The lowest BCUT2D eigenvalue weighted by Gasteiger charge is -2.19. The molecule has 3 heteroatoms. The van der Waals surface area contributed by atoms with Gasteiger partial charge >= 0.3 is 0 Å². The van der Waals surface area contributed by atoms with E-state index >= 15 is 0 Å². The van der Waals surface area contributed by atoms with E-state index < -0.39 is 0 Å². The van der Waals surface area contributed by atoms with E-state index in [-0.39, 0.29) is 10.8 Å². The highest BCUT2D eigenvalue weighted by Gasteiger charge is 2.16. The number of hydrogen-bond acceptors (Lipinski definition) is 1. The van der Waals surface area contributed by atoms with Crippen LogP contribution in [-0.2, 0) is 5.41 Å². The highest BCUT2D eigenvalue weighted by atomic mass is 35.5. The van der Waals surface area contributed by atoms with Gasteiger partial charge in [0.2, 0.25) is 0 Å². The molecule has 0 spiro atoms. The molecule has 18 heavy (non-hydrogen) atoms. The molecule has 0 fully saturated rings. The van der Waals surface area contributed by atoms with Gasteiger partial charge in [-0.1, -0.05) is 56.6 Å². The molecule has 0 saturated carbocycles. The van der Waals surface area contributed by atoms with Crippen LogP contribution in [-0.4, -0.2) is 0 Å². The smallest absolute Gasteiger partial charge is 0.0931 e. The fourth-order valence-corrected chi connectivity index (χ4v) is 3.20. The van der Waals surface area contributed by atoms with Gasteiger partial charge in [0.05, 0.1) is 9.71 Å². The Labute approximate surface area is 123 Å². The Morgan fingerprint density at radius 1 is 1.00 bits per heavy atom. The van der Waals surface area contributed by atoms with Crippen LogP contribution in [0.1, 0.15) is 42.2 Å². The number of rotatable bonds is 2. The van der Waals surface area contributed by atoms with Crippen molar-refractivity contribution in [2.24, 2.45) is 0 Å². The summed E-state index contributed by atoms with van der Waals surface area (Å²) in [5, 5.41) is -0.114. The average Bonchev–Trinajstić information content (AvgIpc) is 2.74. The molecule has 0 amide bonds. The van der Waals surface area contributed by atoms with E-state index in [1.807, 2.05) is 12.1 Å². The molecule has 1 aromatic carbocycles. The zero-order chi connectivity index (χ0) is 13.3. The standard InChI is InChI=1S/C15H16Cl2S/c1-15(2,3)11-6-4-10(5-7-11)14(17)12-8-9-13(16)18-12/h4-9,14H,1-3H3. The number of halogens is 2. The largest absolute Gasteiger partial charge is 0.127 e. The fraction of sp³-hybridized carbons (Fsp3) is 0.333. The fourth-order valence-electron chi connectivity index (χ4n) is 1.78. The van der Waals surface area contributed by atoms with Crippen LogP contribution in [0.3, 0.4) is 0 Å². The van der Waals surface area contributed by atoms with Crippen molar-refractivity contribution in [1.82, 2.24) is 0 Å². The van der Waals surface area contributed by atoms with Gasteiger partial charge in [-0.2, -0.15) is 0 Å². The summed E-state index contributed by atoms with van der Waals surface area (Å²) in [5.74, 6) is 0. The van der Waals surface area contributed by atoms with Gasteiger partial charge in [0.1, 0.15) is 0 Å². The van der Waals surface area contributed by atoms with Crippen LogP contribution in [0.2, 0.25) is 4.34 Å². The van der Waals surface area contributed by atoms with Crippen LogP contribution in [0.15, 0.2) is 36.4 Å². The average molecular weight is 299 g/mol. The Kier molecular flexibility index (Phi) is 4.05. The number of benzene rings is 1. The van der Waals surface area contributed by atoms with Crippen LogP contribution >= 0.6 is 34.5 Å². The molecule has 1 atom stereocenters. The molecule has 0 bridgehead atoms. The predicted octanol–water partition coefficient (Wildman–Crippen LogP) is 6.03. The van der Waals surface area contributed by atoms with E-state index in [2.05, 4.69) is 45.0 Å². The minimum Gasteiger partial charge on any atom is -0.127 e. The zero-order valence-electron chi connectivity index (χ0n) is 10.7. The highest BCUT2D eigenvalue weighted by molar-refractivity contribution is 7.16. The van der Waals surface area contributed by atoms with Gasteiger partial charge in [0.15, 0.2) is 0 Å². The van der Waals surface area contributed by atoms with Crippen molar-refractivity contribution in [3.8, 4) is 0 Å². The quantitative estimate of drug-likeness (QED) is 0.594. The Hall–Kier alpha value is -0.500. The SMILES string of the molecule is CC(C)(C)c1ccc(C(Cl)c2ccc(Cl)s2)cc1. The maximum atomic E-state index is 6.46. The van der Waals surface area contributed by atoms with E-state index in [0.29, 0.717) is 0 Å². The maximum Gasteiger partial charge on any atom is 0.0931 e. The van der Waals surface area contributed by atoms with Gasteiger partial charge in [0, 0.05) is 4.88 Å². The number of hydrogen-bond donors (Lipinski definition) is 0. The van der Waals surface area contributed by atoms with E-state index in [9.17, 15) is 0 Å². The normalized spacial score (nSPS) is 13.6. The third-order valence-corrected chi connectivity index (χ3v) is 4.83. The van der Waals surface area contributed by atoms with Crippen LogP contribution in [0.4, 0.5) is 0 Å². The van der Waals surface area contributed by atoms with Gasteiger partial charge < -0.3 is 0 Å². The summed E-state index contributed by atoms with van der Waals surface area (Å²) in [7, 11) is 0. The lowest BCUT2D eigenvalue weighted by Crippen LogP contribution is -2.10. The molecular formula is C15H16Cl2S. The molecule has 0 radical (unpaired) electrons. The molecule has 2 aromatic rings. The van der Waals surface area contributed by atoms with Gasteiger partial charge in [-0.15, -0.1) is 22.9 Å². The Bertz CT molecular complexity index is 520. The first-order chi connectivity index (χ1) is 8.38. The van der Waals surface area contributed by atoms with Crippen molar-refractivity contribution >= 4 is 34.5 Å². The first kappa shape index (κ1) is 13.9. The van der Waals surface area contributed by atoms with Crippen LogP contribution < -0.4 is 0 Å². The Morgan fingerprint density at radius 3 is 2.06 bits per heavy atom. The van der Waals surface area contributed by atoms with E-state index in [0.717, 1.165) is 14.8 Å². The Balaban J connectivity index is 2.24. The van der Waals surface area contributed by atoms with Gasteiger partial charge in [-0.25, -0.2) is 0 Å². The summed E-state index contributed by atoms with van der Waals surface area (Å²) in [4.78, 5) is 1.09. The van der Waals surface area contributed by atoms with E-state index in [1.165, 1.54) is 16.9 Å². The second kappa shape index (κ2) is 5.24. The van der Waals surface area contributed by atoms with Gasteiger partial charge in [-0.3, -0.25) is 0 Å². The summed E-state index contributed by atoms with van der Waals surface area (Å²) >= 11 is 13.9. The summed E-state index contributed by atoms with van der Waals surface area (Å²) in [5.41, 5.74) is 2.61. The molecule has 2 rings (SSSR count). The lowest BCUT2D eigenvalue weighted by atomic mass is 9.86. The van der Waals surface area contributed by atoms with Crippen molar-refractivity contribution in [2.45, 2.75) is 31.6 Å². The second-order valence-electron chi connectivity index (χ2n) is 5.38. The van der Waals surface area contributed by atoms with E-state index in [1.54, 1.807) is 0 Å². The number of alkyl halides is 1. The lowest BCUT2D eigenvalue weighted by molar-refractivity contribution is 0.590. The summed E-state index contributed by atoms with van der Waals surface area (Å²) < 4.78 is 0.780. The van der Waals surface area contributed by atoms with E-state index in [4.69, 9.17) is 23.2 Å². The van der Waals surface area contributed by atoms with Crippen LogP contribution in [0, 0.1) is 0 Å². The second-order valence-corrected chi connectivity index (χ2v) is 7.56. The first-order valence-corrected chi connectivity index (χ1v) is 7.51. The van der Waals surface area contributed by atoms with Crippen molar-refractivity contribution in [1.29, 1.82) is 0 Å². The summed E-state index contributed by atoms with van der Waals surface area (Å²) in [6, 6.07) is 12.4. The minimum atomic E-state index is -0.114. The molecule has 1 aromatic heterocycles. The molecule has 0 aliphatic heterocycles. The van der Waals surface area contributed by atoms with Crippen LogP contribution in [0.25, 0.3) is 0 Å². The van der Waals surface area contributed by atoms with Crippen molar-refractivity contribution in [2.75, 3.05) is 0 Å². The predicted molar refractivity (Wildman–Crippen MR) is 82.2 cm³/mol. The van der Waals surface area contributed by atoms with Gasteiger partial charge in [0.25, 0.3) is 0 Å².